The van der Waals surface area contributed by atoms with E-state index in [9.17, 15) is 10.1 Å². The molecule has 0 aliphatic rings. The van der Waals surface area contributed by atoms with Crippen molar-refractivity contribution in [1.82, 2.24) is 15.2 Å². The molecule has 0 radical (unpaired) electrons. The molecule has 118 valence electrons. The fourth-order valence-corrected chi connectivity index (χ4v) is 3.65. The van der Waals surface area contributed by atoms with Crippen molar-refractivity contribution >= 4 is 34.9 Å². The van der Waals surface area contributed by atoms with E-state index in [4.69, 9.17) is 0 Å². The average molecular weight is 349 g/mol. The lowest BCUT2D eigenvalue weighted by molar-refractivity contribution is -0.403. The van der Waals surface area contributed by atoms with Crippen molar-refractivity contribution in [1.29, 1.82) is 0 Å². The van der Waals surface area contributed by atoms with Crippen molar-refractivity contribution in [2.24, 2.45) is 0 Å². The average Bonchev–Trinajstić information content (AvgIpc) is 2.83. The van der Waals surface area contributed by atoms with Crippen LogP contribution in [-0.2, 0) is 12.3 Å². The summed E-state index contributed by atoms with van der Waals surface area (Å²) in [6, 6.07) is 0. The Hall–Kier alpha value is -0.770. The molecule has 1 aromatic heterocycles. The number of hydrogen-bond donors (Lipinski definition) is 1. The van der Waals surface area contributed by atoms with Crippen LogP contribution in [0, 0.1) is 10.1 Å². The molecule has 9 heteroatoms. The molecule has 1 aromatic rings. The molecule has 0 aliphatic carbocycles. The molecule has 0 amide bonds. The van der Waals surface area contributed by atoms with Gasteiger partial charge in [-0.25, -0.2) is 4.98 Å². The summed E-state index contributed by atoms with van der Waals surface area (Å²) < 4.78 is 0. The summed E-state index contributed by atoms with van der Waals surface area (Å²) in [5.41, 5.74) is 1.10. The van der Waals surface area contributed by atoms with Gasteiger partial charge >= 0.3 is 0 Å². The van der Waals surface area contributed by atoms with Crippen LogP contribution in [-0.4, -0.2) is 47.5 Å². The number of hydrogen-bond acceptors (Lipinski definition) is 8. The van der Waals surface area contributed by atoms with Gasteiger partial charge in [-0.05, 0) is 20.4 Å². The summed E-state index contributed by atoms with van der Waals surface area (Å²) in [6.07, 6.45) is 2.82. The number of nitrogens with zero attached hydrogens (tertiary/aromatic N) is 3. The van der Waals surface area contributed by atoms with E-state index < -0.39 is 4.92 Å². The third-order valence-electron chi connectivity index (χ3n) is 2.29. The van der Waals surface area contributed by atoms with Crippen LogP contribution in [0.15, 0.2) is 16.6 Å². The number of nitrogens with one attached hydrogen (secondary N) is 1. The second kappa shape index (κ2) is 10.0. The largest absolute Gasteiger partial charge is 0.374 e. The first-order chi connectivity index (χ1) is 10.0. The molecular formula is C12H20N4O2S3. The molecule has 0 saturated carbocycles. The predicted octanol–water partition coefficient (Wildman–Crippen LogP) is 2.47. The number of thiazole rings is 1. The van der Waals surface area contributed by atoms with Crippen molar-refractivity contribution in [3.8, 4) is 0 Å². The summed E-state index contributed by atoms with van der Waals surface area (Å²) in [6.45, 7) is 1.58. The van der Waals surface area contributed by atoms with Gasteiger partial charge in [0.2, 0.25) is 0 Å². The van der Waals surface area contributed by atoms with Gasteiger partial charge in [0.05, 0.1) is 10.6 Å². The Morgan fingerprint density at radius 2 is 2.38 bits per heavy atom. The predicted molar refractivity (Wildman–Crippen MR) is 92.3 cm³/mol. The van der Waals surface area contributed by atoms with E-state index in [2.05, 4.69) is 20.6 Å². The standard InChI is InChI=1S/C12H20N4O2S3/c1-15(2)6-12-14-10(9-21-12)8-20-5-4-13-11(19-3)7-16(17)18/h7,9,13H,4-6,8H2,1-3H3. The second-order valence-electron chi connectivity index (χ2n) is 4.43. The van der Waals surface area contributed by atoms with E-state index in [0.717, 1.165) is 35.0 Å². The van der Waals surface area contributed by atoms with Crippen molar-refractivity contribution in [3.05, 3.63) is 37.4 Å². The highest BCUT2D eigenvalue weighted by Gasteiger charge is 2.04. The molecule has 1 heterocycles. The SMILES string of the molecule is CSC(=C[N+](=O)[O-])NCCSCc1csc(CN(C)C)n1. The van der Waals surface area contributed by atoms with Crippen LogP contribution in [0.2, 0.25) is 0 Å². The van der Waals surface area contributed by atoms with E-state index in [-0.39, 0.29) is 0 Å². The molecule has 6 nitrogen and oxygen atoms in total. The van der Waals surface area contributed by atoms with Crippen LogP contribution in [0.4, 0.5) is 0 Å². The first kappa shape index (κ1) is 18.3. The minimum absolute atomic E-state index is 0.437. The molecule has 0 bridgehead atoms. The first-order valence-electron chi connectivity index (χ1n) is 6.30. The Labute approximate surface area is 137 Å². The molecule has 0 aromatic carbocycles. The van der Waals surface area contributed by atoms with Crippen LogP contribution in [0.5, 0.6) is 0 Å². The zero-order chi connectivity index (χ0) is 15.7. The molecule has 0 saturated heterocycles. The summed E-state index contributed by atoms with van der Waals surface area (Å²) in [5, 5.41) is 17.3. The van der Waals surface area contributed by atoms with Gasteiger partial charge in [-0.2, -0.15) is 11.8 Å². The van der Waals surface area contributed by atoms with Crippen molar-refractivity contribution < 1.29 is 4.92 Å². The third-order valence-corrected chi connectivity index (χ3v) is 4.85. The van der Waals surface area contributed by atoms with Gasteiger partial charge in [-0.1, -0.05) is 0 Å². The Balaban J connectivity index is 2.22. The highest BCUT2D eigenvalue weighted by molar-refractivity contribution is 8.02. The van der Waals surface area contributed by atoms with E-state index in [0.29, 0.717) is 11.6 Å². The minimum atomic E-state index is -0.437. The Morgan fingerprint density at radius 3 is 3.00 bits per heavy atom. The fraction of sp³-hybridized carbons (Fsp3) is 0.583. The fourth-order valence-electron chi connectivity index (χ4n) is 1.45. The second-order valence-corrected chi connectivity index (χ2v) is 7.33. The van der Waals surface area contributed by atoms with Gasteiger partial charge in [-0.3, -0.25) is 10.1 Å². The summed E-state index contributed by atoms with van der Waals surface area (Å²) in [7, 11) is 4.06. The molecule has 21 heavy (non-hydrogen) atoms. The normalized spacial score (nSPS) is 11.9. The number of nitro groups is 1. The summed E-state index contributed by atoms with van der Waals surface area (Å²) >= 11 is 4.80. The Kier molecular flexibility index (Phi) is 8.74. The molecule has 0 aliphatic heterocycles. The maximum atomic E-state index is 10.4. The van der Waals surface area contributed by atoms with Gasteiger partial charge in [-0.15, -0.1) is 23.1 Å². The number of thioether (sulfide) groups is 2. The molecule has 0 atom stereocenters. The highest BCUT2D eigenvalue weighted by Crippen LogP contribution is 2.16. The number of aromatic nitrogens is 1. The van der Waals surface area contributed by atoms with E-state index in [1.807, 2.05) is 20.4 Å². The monoisotopic (exact) mass is 348 g/mol. The molecule has 1 N–H and O–H groups in total. The zero-order valence-corrected chi connectivity index (χ0v) is 14.8. The van der Waals surface area contributed by atoms with E-state index in [1.165, 1.54) is 11.8 Å². The highest BCUT2D eigenvalue weighted by atomic mass is 32.2. The van der Waals surface area contributed by atoms with Crippen LogP contribution < -0.4 is 5.32 Å². The minimum Gasteiger partial charge on any atom is -0.374 e. The molecule has 0 fully saturated rings. The van der Waals surface area contributed by atoms with Gasteiger partial charge in [0, 0.05) is 30.0 Å². The topological polar surface area (TPSA) is 71.3 Å². The van der Waals surface area contributed by atoms with Crippen molar-refractivity contribution in [2.45, 2.75) is 12.3 Å². The maximum absolute atomic E-state index is 10.4. The lowest BCUT2D eigenvalue weighted by atomic mass is 10.5. The molecular weight excluding hydrogens is 328 g/mol. The van der Waals surface area contributed by atoms with Gasteiger partial charge < -0.3 is 10.2 Å². The van der Waals surface area contributed by atoms with Crippen LogP contribution in [0.1, 0.15) is 10.7 Å². The molecule has 0 unspecified atom stereocenters. The molecule has 1 rings (SSSR count). The van der Waals surface area contributed by atoms with Crippen molar-refractivity contribution in [3.63, 3.8) is 0 Å². The Bertz CT molecular complexity index is 477. The lowest BCUT2D eigenvalue weighted by Crippen LogP contribution is -2.15. The van der Waals surface area contributed by atoms with Crippen LogP contribution in [0.25, 0.3) is 0 Å². The Morgan fingerprint density at radius 1 is 1.62 bits per heavy atom. The van der Waals surface area contributed by atoms with Crippen molar-refractivity contribution in [2.75, 3.05) is 32.6 Å². The summed E-state index contributed by atoms with van der Waals surface area (Å²) in [4.78, 5) is 16.6. The maximum Gasteiger partial charge on any atom is 0.263 e. The van der Waals surface area contributed by atoms with Gasteiger partial charge in [0.1, 0.15) is 10.0 Å². The third kappa shape index (κ3) is 8.30. The van der Waals surface area contributed by atoms with Crippen LogP contribution >= 0.6 is 34.9 Å². The quantitative estimate of drug-likeness (QED) is 0.395. The van der Waals surface area contributed by atoms with E-state index in [1.54, 1.807) is 23.1 Å². The molecule has 0 spiro atoms. The first-order valence-corrected chi connectivity index (χ1v) is 9.56. The van der Waals surface area contributed by atoms with Crippen LogP contribution in [0.3, 0.4) is 0 Å². The van der Waals surface area contributed by atoms with Gasteiger partial charge in [0.15, 0.2) is 0 Å². The van der Waals surface area contributed by atoms with Gasteiger partial charge in [0.25, 0.3) is 6.20 Å². The van der Waals surface area contributed by atoms with E-state index >= 15 is 0 Å². The lowest BCUT2D eigenvalue weighted by Gasteiger charge is -2.06. The number of rotatable bonds is 10. The smallest absolute Gasteiger partial charge is 0.263 e. The zero-order valence-electron chi connectivity index (χ0n) is 12.4. The summed E-state index contributed by atoms with van der Waals surface area (Å²) in [5.74, 6) is 1.76.